The van der Waals surface area contributed by atoms with Gasteiger partial charge in [-0.1, -0.05) is 152 Å². The van der Waals surface area contributed by atoms with Crippen LogP contribution in [0.15, 0.2) is 197 Å². The Kier molecular flexibility index (Phi) is 6.55. The van der Waals surface area contributed by atoms with E-state index in [4.69, 9.17) is 8.83 Å². The zero-order valence-electron chi connectivity index (χ0n) is 28.7. The number of fused-ring (bicyclic) bond motifs is 9. The first-order valence-corrected chi connectivity index (χ1v) is 18.0. The van der Waals surface area contributed by atoms with Crippen LogP contribution in [0.3, 0.4) is 0 Å². The third-order valence-corrected chi connectivity index (χ3v) is 10.6. The number of hydrogen-bond acceptors (Lipinski definition) is 3. The van der Waals surface area contributed by atoms with E-state index in [-0.39, 0.29) is 0 Å². The molecule has 0 aliphatic heterocycles. The lowest BCUT2D eigenvalue weighted by atomic mass is 9.99. The van der Waals surface area contributed by atoms with Crippen LogP contribution in [0.5, 0.6) is 0 Å². The Morgan fingerprint density at radius 1 is 0.340 bits per heavy atom. The summed E-state index contributed by atoms with van der Waals surface area (Å²) in [5, 5.41) is 9.03. The number of hydrogen-bond donors (Lipinski definition) is 0. The molecule has 0 N–H and O–H groups in total. The molecule has 0 saturated carbocycles. The van der Waals surface area contributed by atoms with Gasteiger partial charge < -0.3 is 13.7 Å². The summed E-state index contributed by atoms with van der Waals surface area (Å²) in [6.45, 7) is 0. The van der Waals surface area contributed by atoms with Gasteiger partial charge in [-0.3, -0.25) is 0 Å². The number of benzene rings is 9. The van der Waals surface area contributed by atoms with Crippen molar-refractivity contribution in [3.8, 4) is 22.3 Å². The predicted octanol–water partition coefficient (Wildman–Crippen LogP) is 14.6. The van der Waals surface area contributed by atoms with Crippen LogP contribution >= 0.6 is 0 Å². The highest BCUT2D eigenvalue weighted by molar-refractivity contribution is 6.24. The summed E-state index contributed by atoms with van der Waals surface area (Å²) >= 11 is 0. The maximum Gasteiger partial charge on any atom is 0.159 e. The Morgan fingerprint density at radius 3 is 1.72 bits per heavy atom. The highest BCUT2D eigenvalue weighted by Crippen LogP contribution is 2.48. The van der Waals surface area contributed by atoms with E-state index in [1.807, 2.05) is 6.07 Å². The average molecular weight is 678 g/mol. The zero-order valence-corrected chi connectivity index (χ0v) is 28.7. The number of anilines is 3. The minimum absolute atomic E-state index is 0.832. The molecule has 0 saturated heterocycles. The van der Waals surface area contributed by atoms with Crippen molar-refractivity contribution in [2.24, 2.45) is 0 Å². The van der Waals surface area contributed by atoms with Crippen LogP contribution in [0, 0.1) is 0 Å². The van der Waals surface area contributed by atoms with Gasteiger partial charge in [-0.15, -0.1) is 0 Å². The van der Waals surface area contributed by atoms with Crippen molar-refractivity contribution in [2.45, 2.75) is 0 Å². The van der Waals surface area contributed by atoms with Crippen molar-refractivity contribution in [2.75, 3.05) is 4.90 Å². The monoisotopic (exact) mass is 677 g/mol. The molecule has 3 nitrogen and oxygen atoms in total. The van der Waals surface area contributed by atoms with Gasteiger partial charge in [-0.2, -0.15) is 0 Å². The quantitative estimate of drug-likeness (QED) is 0.182. The lowest BCUT2D eigenvalue weighted by Crippen LogP contribution is -2.11. The van der Waals surface area contributed by atoms with Gasteiger partial charge in [0.2, 0.25) is 0 Å². The van der Waals surface area contributed by atoms with E-state index in [1.165, 1.54) is 10.9 Å². The fourth-order valence-electron chi connectivity index (χ4n) is 8.16. The Bertz CT molecular complexity index is 3160. The molecule has 0 fully saturated rings. The minimum atomic E-state index is 0.832. The van der Waals surface area contributed by atoms with Crippen LogP contribution < -0.4 is 4.90 Å². The fourth-order valence-corrected chi connectivity index (χ4v) is 8.16. The van der Waals surface area contributed by atoms with Crippen LogP contribution in [0.25, 0.3) is 87.7 Å². The van der Waals surface area contributed by atoms with Crippen LogP contribution in [0.1, 0.15) is 0 Å². The van der Waals surface area contributed by atoms with Crippen molar-refractivity contribution < 1.29 is 8.83 Å². The molecule has 0 unspecified atom stereocenters. The molecule has 0 bridgehead atoms. The molecule has 11 rings (SSSR count). The first kappa shape index (κ1) is 29.6. The second-order valence-electron chi connectivity index (χ2n) is 13.7. The van der Waals surface area contributed by atoms with Gasteiger partial charge in [0.05, 0.1) is 11.4 Å². The number of nitrogens with zero attached hydrogens (tertiary/aromatic N) is 1. The summed E-state index contributed by atoms with van der Waals surface area (Å²) < 4.78 is 13.8. The van der Waals surface area contributed by atoms with Crippen molar-refractivity contribution in [1.82, 2.24) is 0 Å². The first-order valence-electron chi connectivity index (χ1n) is 18.0. The third-order valence-electron chi connectivity index (χ3n) is 10.6. The molecular formula is C50H31NO2. The van der Waals surface area contributed by atoms with E-state index in [0.717, 1.165) is 93.8 Å². The highest BCUT2D eigenvalue weighted by Gasteiger charge is 2.24. The SMILES string of the molecule is c1ccc(-c2ccc(N(c3cc4oc5cc6ccccc6cc5c4c4ccccc34)c3cccc4c3oc3c(-c5ccccc5)cccc34)cc2)cc1. The van der Waals surface area contributed by atoms with E-state index in [2.05, 4.69) is 187 Å². The van der Waals surface area contributed by atoms with E-state index in [9.17, 15) is 0 Å². The van der Waals surface area contributed by atoms with E-state index in [0.29, 0.717) is 0 Å². The van der Waals surface area contributed by atoms with Crippen molar-refractivity contribution >= 4 is 82.5 Å². The summed E-state index contributed by atoms with van der Waals surface area (Å²) in [7, 11) is 0. The summed E-state index contributed by atoms with van der Waals surface area (Å²) in [5.41, 5.74) is 11.0. The standard InChI is InChI=1S/C50H31NO2/c1-3-13-32(14-4-1)33-25-27-37(28-26-33)51(44-24-12-23-42-41-22-11-21-38(49(41)53-50(42)44)34-15-5-2-6-16-34)45-31-47-48(40-20-10-9-19-39(40)45)43-29-35-17-7-8-18-36(35)30-46(43)52-47/h1-31H. The summed E-state index contributed by atoms with van der Waals surface area (Å²) in [6, 6.07) is 66.6. The van der Waals surface area contributed by atoms with Crippen LogP contribution in [0.2, 0.25) is 0 Å². The molecule has 0 aliphatic carbocycles. The Labute approximate surface area is 305 Å². The van der Waals surface area contributed by atoms with Gasteiger partial charge in [-0.25, -0.2) is 0 Å². The van der Waals surface area contributed by atoms with Crippen LogP contribution in [-0.2, 0) is 0 Å². The number of para-hydroxylation sites is 2. The Balaban J connectivity index is 1.20. The molecule has 0 radical (unpaired) electrons. The molecule has 2 heterocycles. The minimum Gasteiger partial charge on any atom is -0.456 e. The molecule has 11 aromatic rings. The smallest absolute Gasteiger partial charge is 0.159 e. The summed E-state index contributed by atoms with van der Waals surface area (Å²) in [5.74, 6) is 0. The molecule has 0 amide bonds. The van der Waals surface area contributed by atoms with E-state index in [1.54, 1.807) is 0 Å². The van der Waals surface area contributed by atoms with E-state index >= 15 is 0 Å². The summed E-state index contributed by atoms with van der Waals surface area (Å²) in [4.78, 5) is 2.34. The van der Waals surface area contributed by atoms with Gasteiger partial charge in [-0.05, 0) is 63.2 Å². The second kappa shape index (κ2) is 11.7. The summed E-state index contributed by atoms with van der Waals surface area (Å²) in [6.07, 6.45) is 0. The largest absolute Gasteiger partial charge is 0.456 e. The predicted molar refractivity (Wildman–Crippen MR) is 222 cm³/mol. The van der Waals surface area contributed by atoms with E-state index < -0.39 is 0 Å². The third kappa shape index (κ3) is 4.68. The lowest BCUT2D eigenvalue weighted by Gasteiger charge is -2.27. The molecule has 9 aromatic carbocycles. The van der Waals surface area contributed by atoms with Crippen molar-refractivity contribution in [1.29, 1.82) is 0 Å². The Hall–Kier alpha value is -7.10. The first-order chi connectivity index (χ1) is 26.3. The van der Waals surface area contributed by atoms with Gasteiger partial charge in [0.25, 0.3) is 0 Å². The fraction of sp³-hybridized carbons (Fsp3) is 0. The van der Waals surface area contributed by atoms with Gasteiger partial charge in [0, 0.05) is 44.2 Å². The maximum absolute atomic E-state index is 7.01. The number of furan rings is 2. The second-order valence-corrected chi connectivity index (χ2v) is 13.7. The molecule has 3 heteroatoms. The maximum atomic E-state index is 7.01. The Morgan fingerprint density at radius 2 is 0.943 bits per heavy atom. The van der Waals surface area contributed by atoms with Crippen LogP contribution in [-0.4, -0.2) is 0 Å². The molecule has 2 aromatic heterocycles. The molecular weight excluding hydrogens is 647 g/mol. The van der Waals surface area contributed by atoms with Crippen molar-refractivity contribution in [3.05, 3.63) is 188 Å². The average Bonchev–Trinajstić information content (AvgIpc) is 3.79. The normalized spacial score (nSPS) is 11.8. The zero-order chi connectivity index (χ0) is 34.9. The highest BCUT2D eigenvalue weighted by atomic mass is 16.3. The van der Waals surface area contributed by atoms with Gasteiger partial charge in [0.15, 0.2) is 5.58 Å². The van der Waals surface area contributed by atoms with Crippen molar-refractivity contribution in [3.63, 3.8) is 0 Å². The molecule has 0 atom stereocenters. The molecule has 0 spiro atoms. The van der Waals surface area contributed by atoms with Gasteiger partial charge in [0.1, 0.15) is 16.7 Å². The molecule has 248 valence electrons. The van der Waals surface area contributed by atoms with Gasteiger partial charge >= 0.3 is 0 Å². The molecule has 53 heavy (non-hydrogen) atoms. The topological polar surface area (TPSA) is 29.5 Å². The molecule has 0 aliphatic rings. The lowest BCUT2D eigenvalue weighted by molar-refractivity contribution is 0.668. The van der Waals surface area contributed by atoms with Crippen LogP contribution in [0.4, 0.5) is 17.1 Å². The number of rotatable bonds is 5.